The monoisotopic (exact) mass is 136 g/mol. The molecule has 0 amide bonds. The van der Waals surface area contributed by atoms with E-state index in [1.165, 1.54) is 32.1 Å². The summed E-state index contributed by atoms with van der Waals surface area (Å²) in [5.41, 5.74) is 0. The maximum absolute atomic E-state index is 5.37. The van der Waals surface area contributed by atoms with Crippen molar-refractivity contribution in [2.45, 2.75) is 39.0 Å². The Morgan fingerprint density at radius 3 is 2.70 bits per heavy atom. The Bertz CT molecular complexity index is 129. The van der Waals surface area contributed by atoms with Crippen LogP contribution >= 0.6 is 0 Å². The van der Waals surface area contributed by atoms with E-state index in [0.29, 0.717) is 5.92 Å². The molecule has 0 radical (unpaired) electrons. The Balaban J connectivity index is 2.35. The largest absolute Gasteiger partial charge is 0.120 e. The second-order valence-corrected chi connectivity index (χ2v) is 3.48. The zero-order valence-corrected chi connectivity index (χ0v) is 6.77. The minimum atomic E-state index is 0.588. The molecule has 0 bridgehead atoms. The Morgan fingerprint density at radius 1 is 1.20 bits per heavy atom. The summed E-state index contributed by atoms with van der Waals surface area (Å²) in [5.74, 6) is 4.37. The fourth-order valence-electron chi connectivity index (χ4n) is 1.65. The Labute approximate surface area is 64.0 Å². The Morgan fingerprint density at radius 2 is 2.00 bits per heavy atom. The van der Waals surface area contributed by atoms with E-state index < -0.39 is 0 Å². The summed E-state index contributed by atoms with van der Waals surface area (Å²) in [5, 5.41) is 0. The topological polar surface area (TPSA) is 0 Å². The van der Waals surface area contributed by atoms with Gasteiger partial charge in [0.25, 0.3) is 0 Å². The van der Waals surface area contributed by atoms with Crippen molar-refractivity contribution < 1.29 is 0 Å². The van der Waals surface area contributed by atoms with Crippen LogP contribution in [0.15, 0.2) is 0 Å². The van der Waals surface area contributed by atoms with Crippen molar-refractivity contribution in [3.63, 3.8) is 0 Å². The predicted octanol–water partition coefficient (Wildman–Crippen LogP) is 2.84. The van der Waals surface area contributed by atoms with Gasteiger partial charge in [-0.15, -0.1) is 12.3 Å². The zero-order valence-electron chi connectivity index (χ0n) is 6.77. The third-order valence-electron chi connectivity index (χ3n) is 2.49. The summed E-state index contributed by atoms with van der Waals surface area (Å²) in [6, 6.07) is 0. The molecule has 2 atom stereocenters. The SMILES string of the molecule is C#CC1CCCC(C)CC1. The maximum atomic E-state index is 5.37. The lowest BCUT2D eigenvalue weighted by molar-refractivity contribution is 0.497. The Hall–Kier alpha value is -0.440. The molecule has 0 aromatic heterocycles. The van der Waals surface area contributed by atoms with E-state index >= 15 is 0 Å². The maximum Gasteiger partial charge on any atom is 0.0200 e. The van der Waals surface area contributed by atoms with E-state index in [-0.39, 0.29) is 0 Å². The van der Waals surface area contributed by atoms with Gasteiger partial charge >= 0.3 is 0 Å². The molecule has 56 valence electrons. The van der Waals surface area contributed by atoms with E-state index in [9.17, 15) is 0 Å². The van der Waals surface area contributed by atoms with Crippen LogP contribution in [0.5, 0.6) is 0 Å². The first-order valence-electron chi connectivity index (χ1n) is 4.29. The number of terminal acetylenes is 1. The first kappa shape index (κ1) is 7.66. The van der Waals surface area contributed by atoms with Crippen molar-refractivity contribution >= 4 is 0 Å². The van der Waals surface area contributed by atoms with Gasteiger partial charge in [-0.25, -0.2) is 0 Å². The highest BCUT2D eigenvalue weighted by molar-refractivity contribution is 4.93. The van der Waals surface area contributed by atoms with Crippen molar-refractivity contribution in [2.75, 3.05) is 0 Å². The first-order chi connectivity index (χ1) is 4.83. The van der Waals surface area contributed by atoms with Gasteiger partial charge in [-0.2, -0.15) is 0 Å². The van der Waals surface area contributed by atoms with Crippen LogP contribution in [0.3, 0.4) is 0 Å². The molecular weight excluding hydrogens is 120 g/mol. The van der Waals surface area contributed by atoms with Gasteiger partial charge in [0, 0.05) is 5.92 Å². The van der Waals surface area contributed by atoms with Crippen LogP contribution in [0.2, 0.25) is 0 Å². The summed E-state index contributed by atoms with van der Waals surface area (Å²) in [6.45, 7) is 2.33. The van der Waals surface area contributed by atoms with Crippen LogP contribution in [0.1, 0.15) is 39.0 Å². The quantitative estimate of drug-likeness (QED) is 0.355. The van der Waals surface area contributed by atoms with Crippen LogP contribution in [-0.2, 0) is 0 Å². The van der Waals surface area contributed by atoms with Gasteiger partial charge in [0.1, 0.15) is 0 Å². The standard InChI is InChI=1S/C10H16/c1-3-10-6-4-5-9(2)7-8-10/h1,9-10H,4-8H2,2H3. The van der Waals surface area contributed by atoms with Crippen LogP contribution in [0, 0.1) is 24.2 Å². The highest BCUT2D eigenvalue weighted by Crippen LogP contribution is 2.25. The second-order valence-electron chi connectivity index (χ2n) is 3.48. The third-order valence-corrected chi connectivity index (χ3v) is 2.49. The van der Waals surface area contributed by atoms with Crippen LogP contribution in [0.4, 0.5) is 0 Å². The molecule has 0 saturated heterocycles. The predicted molar refractivity (Wildman–Crippen MR) is 44.6 cm³/mol. The van der Waals surface area contributed by atoms with Gasteiger partial charge in [-0.3, -0.25) is 0 Å². The molecule has 0 N–H and O–H groups in total. The lowest BCUT2D eigenvalue weighted by Crippen LogP contribution is -1.94. The molecule has 0 spiro atoms. The number of hydrogen-bond donors (Lipinski definition) is 0. The molecule has 0 aliphatic heterocycles. The van der Waals surface area contributed by atoms with Crippen molar-refractivity contribution in [1.29, 1.82) is 0 Å². The molecule has 0 aromatic rings. The summed E-state index contributed by atoms with van der Waals surface area (Å²) in [4.78, 5) is 0. The van der Waals surface area contributed by atoms with E-state index in [1.807, 2.05) is 0 Å². The Kier molecular flexibility index (Phi) is 2.81. The van der Waals surface area contributed by atoms with E-state index in [2.05, 4.69) is 12.8 Å². The highest BCUT2D eigenvalue weighted by Gasteiger charge is 2.13. The normalized spacial score (nSPS) is 34.4. The fraction of sp³-hybridized carbons (Fsp3) is 0.800. The summed E-state index contributed by atoms with van der Waals surface area (Å²) in [7, 11) is 0. The zero-order chi connectivity index (χ0) is 7.40. The molecule has 0 heteroatoms. The molecule has 10 heavy (non-hydrogen) atoms. The lowest BCUT2D eigenvalue weighted by atomic mass is 10.0. The first-order valence-corrected chi connectivity index (χ1v) is 4.29. The van der Waals surface area contributed by atoms with Gasteiger partial charge in [0.05, 0.1) is 0 Å². The van der Waals surface area contributed by atoms with Gasteiger partial charge in [0.15, 0.2) is 0 Å². The van der Waals surface area contributed by atoms with Crippen LogP contribution < -0.4 is 0 Å². The molecule has 2 unspecified atom stereocenters. The van der Waals surface area contributed by atoms with Crippen LogP contribution in [0.25, 0.3) is 0 Å². The minimum absolute atomic E-state index is 0.588. The summed E-state index contributed by atoms with van der Waals surface area (Å²) >= 11 is 0. The molecular formula is C10H16. The van der Waals surface area contributed by atoms with Gasteiger partial charge < -0.3 is 0 Å². The summed E-state index contributed by atoms with van der Waals surface area (Å²) in [6.07, 6.45) is 12.0. The van der Waals surface area contributed by atoms with E-state index in [0.717, 1.165) is 5.92 Å². The summed E-state index contributed by atoms with van der Waals surface area (Å²) < 4.78 is 0. The van der Waals surface area contributed by atoms with Gasteiger partial charge in [0.2, 0.25) is 0 Å². The molecule has 0 heterocycles. The second kappa shape index (κ2) is 3.66. The van der Waals surface area contributed by atoms with E-state index in [1.54, 1.807) is 0 Å². The third kappa shape index (κ3) is 2.06. The lowest BCUT2D eigenvalue weighted by Gasteiger charge is -2.04. The minimum Gasteiger partial charge on any atom is -0.120 e. The number of hydrogen-bond acceptors (Lipinski definition) is 0. The molecule has 0 aromatic carbocycles. The molecule has 1 rings (SSSR count). The smallest absolute Gasteiger partial charge is 0.0200 e. The molecule has 1 aliphatic rings. The van der Waals surface area contributed by atoms with Crippen LogP contribution in [-0.4, -0.2) is 0 Å². The molecule has 0 nitrogen and oxygen atoms in total. The fourth-order valence-corrected chi connectivity index (χ4v) is 1.65. The van der Waals surface area contributed by atoms with Crippen molar-refractivity contribution in [2.24, 2.45) is 11.8 Å². The molecule has 1 saturated carbocycles. The van der Waals surface area contributed by atoms with Crippen molar-refractivity contribution in [1.82, 2.24) is 0 Å². The highest BCUT2D eigenvalue weighted by atomic mass is 14.2. The van der Waals surface area contributed by atoms with Crippen molar-refractivity contribution in [3.8, 4) is 12.3 Å². The molecule has 1 aliphatic carbocycles. The van der Waals surface area contributed by atoms with Gasteiger partial charge in [-0.05, 0) is 25.2 Å². The average molecular weight is 136 g/mol. The van der Waals surface area contributed by atoms with Crippen molar-refractivity contribution in [3.05, 3.63) is 0 Å². The number of rotatable bonds is 0. The molecule has 1 fully saturated rings. The van der Waals surface area contributed by atoms with Gasteiger partial charge in [-0.1, -0.05) is 19.8 Å². The average Bonchev–Trinajstić information content (AvgIpc) is 2.14. The van der Waals surface area contributed by atoms with E-state index in [4.69, 9.17) is 6.42 Å².